The molecule has 5 nitrogen and oxygen atoms in total. The predicted molar refractivity (Wildman–Crippen MR) is 95.9 cm³/mol. The molecule has 0 unspecified atom stereocenters. The maximum absolute atomic E-state index is 13.0. The molecule has 1 amide bonds. The summed E-state index contributed by atoms with van der Waals surface area (Å²) in [6, 6.07) is 9.73. The van der Waals surface area contributed by atoms with Crippen molar-refractivity contribution in [2.75, 3.05) is 18.4 Å². The fourth-order valence-electron chi connectivity index (χ4n) is 2.55. The van der Waals surface area contributed by atoms with Gasteiger partial charge in [-0.3, -0.25) is 4.79 Å². The zero-order valence-electron chi connectivity index (χ0n) is 14.7. The van der Waals surface area contributed by atoms with Gasteiger partial charge in [-0.15, -0.1) is 0 Å². The normalized spacial score (nSPS) is 12.2. The number of halogens is 3. The highest BCUT2D eigenvalue weighted by molar-refractivity contribution is 7.89. The van der Waals surface area contributed by atoms with Gasteiger partial charge in [0.1, 0.15) is 0 Å². The summed E-state index contributed by atoms with van der Waals surface area (Å²) in [6.45, 7) is 4.05. The van der Waals surface area contributed by atoms with Crippen molar-refractivity contribution in [3.63, 3.8) is 0 Å². The second-order valence-electron chi connectivity index (χ2n) is 5.61. The highest BCUT2D eigenvalue weighted by atomic mass is 32.2. The van der Waals surface area contributed by atoms with Gasteiger partial charge in [-0.25, -0.2) is 8.42 Å². The number of hydrogen-bond donors (Lipinski definition) is 1. The van der Waals surface area contributed by atoms with E-state index in [1.54, 1.807) is 13.8 Å². The minimum absolute atomic E-state index is 0.0416. The second kappa shape index (κ2) is 8.10. The van der Waals surface area contributed by atoms with Gasteiger partial charge in [-0.05, 0) is 36.4 Å². The Labute approximate surface area is 155 Å². The minimum Gasteiger partial charge on any atom is -0.322 e. The van der Waals surface area contributed by atoms with Crippen LogP contribution in [0.3, 0.4) is 0 Å². The van der Waals surface area contributed by atoms with Crippen molar-refractivity contribution in [2.24, 2.45) is 0 Å². The van der Waals surface area contributed by atoms with Crippen LogP contribution in [0, 0.1) is 0 Å². The van der Waals surface area contributed by atoms with Crippen LogP contribution in [0.2, 0.25) is 0 Å². The lowest BCUT2D eigenvalue weighted by Gasteiger charge is -2.18. The Bertz CT molecular complexity index is 906. The molecule has 27 heavy (non-hydrogen) atoms. The lowest BCUT2D eigenvalue weighted by molar-refractivity contribution is -0.137. The van der Waals surface area contributed by atoms with Crippen LogP contribution in [0.15, 0.2) is 53.4 Å². The number of nitrogens with one attached hydrogen (secondary N) is 1. The number of anilines is 1. The molecule has 9 heteroatoms. The molecule has 0 spiro atoms. The Kier molecular flexibility index (Phi) is 6.27. The molecular formula is C18H19F3N2O3S. The molecular weight excluding hydrogens is 381 g/mol. The molecule has 1 N–H and O–H groups in total. The average Bonchev–Trinajstić information content (AvgIpc) is 2.62. The molecule has 2 aromatic carbocycles. The van der Waals surface area contributed by atoms with E-state index in [9.17, 15) is 26.4 Å². The van der Waals surface area contributed by atoms with Gasteiger partial charge in [-0.2, -0.15) is 17.5 Å². The fraction of sp³-hybridized carbons (Fsp3) is 0.278. The molecule has 0 radical (unpaired) electrons. The Balaban J connectivity index is 2.24. The van der Waals surface area contributed by atoms with E-state index in [-0.39, 0.29) is 10.6 Å². The van der Waals surface area contributed by atoms with Crippen molar-refractivity contribution in [3.8, 4) is 0 Å². The molecule has 2 aromatic rings. The molecule has 0 saturated heterocycles. The van der Waals surface area contributed by atoms with Gasteiger partial charge in [0.25, 0.3) is 5.91 Å². The van der Waals surface area contributed by atoms with E-state index in [4.69, 9.17) is 0 Å². The molecule has 0 saturated carbocycles. The van der Waals surface area contributed by atoms with E-state index in [0.29, 0.717) is 13.1 Å². The zero-order valence-corrected chi connectivity index (χ0v) is 15.6. The van der Waals surface area contributed by atoms with Crippen LogP contribution >= 0.6 is 0 Å². The van der Waals surface area contributed by atoms with Crippen LogP contribution in [-0.4, -0.2) is 31.7 Å². The van der Waals surface area contributed by atoms with Gasteiger partial charge in [0.15, 0.2) is 0 Å². The van der Waals surface area contributed by atoms with Crippen LogP contribution in [0.25, 0.3) is 0 Å². The van der Waals surface area contributed by atoms with E-state index in [1.807, 2.05) is 0 Å². The number of hydrogen-bond acceptors (Lipinski definition) is 3. The van der Waals surface area contributed by atoms with Gasteiger partial charge in [0, 0.05) is 18.8 Å². The number of carbonyl (C=O) groups is 1. The minimum atomic E-state index is -4.66. The van der Waals surface area contributed by atoms with Crippen LogP contribution in [-0.2, 0) is 16.2 Å². The first kappa shape index (κ1) is 20.9. The maximum atomic E-state index is 13.0. The van der Waals surface area contributed by atoms with Crippen molar-refractivity contribution in [1.82, 2.24) is 4.31 Å². The number of benzene rings is 2. The van der Waals surface area contributed by atoms with Gasteiger partial charge >= 0.3 is 6.18 Å². The fourth-order valence-corrected chi connectivity index (χ4v) is 4.01. The van der Waals surface area contributed by atoms with Crippen LogP contribution in [0.1, 0.15) is 29.8 Å². The smallest absolute Gasteiger partial charge is 0.322 e. The lowest BCUT2D eigenvalue weighted by atomic mass is 10.1. The van der Waals surface area contributed by atoms with Gasteiger partial charge in [0.05, 0.1) is 16.0 Å². The third kappa shape index (κ3) is 4.67. The molecule has 0 atom stereocenters. The third-order valence-electron chi connectivity index (χ3n) is 3.93. The highest BCUT2D eigenvalue weighted by Gasteiger charge is 2.34. The van der Waals surface area contributed by atoms with E-state index in [1.165, 1.54) is 40.7 Å². The molecule has 146 valence electrons. The summed E-state index contributed by atoms with van der Waals surface area (Å²) in [5.41, 5.74) is -1.36. The topological polar surface area (TPSA) is 66.5 Å². The second-order valence-corrected chi connectivity index (χ2v) is 7.55. The number of nitrogens with zero attached hydrogens (tertiary/aromatic N) is 1. The van der Waals surface area contributed by atoms with Crippen molar-refractivity contribution >= 4 is 21.6 Å². The Morgan fingerprint density at radius 3 is 2.07 bits per heavy atom. The van der Waals surface area contributed by atoms with Crippen LogP contribution in [0.5, 0.6) is 0 Å². The third-order valence-corrected chi connectivity index (χ3v) is 6.00. The Hall–Kier alpha value is -2.39. The lowest BCUT2D eigenvalue weighted by Crippen LogP contribution is -2.30. The average molecular weight is 400 g/mol. The Morgan fingerprint density at radius 1 is 1.00 bits per heavy atom. The largest absolute Gasteiger partial charge is 0.417 e. The molecule has 0 fully saturated rings. The number of carbonyl (C=O) groups excluding carboxylic acids is 1. The zero-order chi connectivity index (χ0) is 20.2. The first-order valence-corrected chi connectivity index (χ1v) is 9.63. The number of alkyl halides is 3. The quantitative estimate of drug-likeness (QED) is 0.797. The standard InChI is InChI=1S/C18H19F3N2O3S/c1-3-23(4-2)27(25,26)14-11-9-13(10-12-14)22-17(24)15-7-5-6-8-16(15)18(19,20)21/h5-12H,3-4H2,1-2H3,(H,22,24). The van der Waals surface area contributed by atoms with Gasteiger partial charge < -0.3 is 5.32 Å². The maximum Gasteiger partial charge on any atom is 0.417 e. The number of amides is 1. The van der Waals surface area contributed by atoms with E-state index in [2.05, 4.69) is 5.32 Å². The summed E-state index contributed by atoms with van der Waals surface area (Å²) in [5.74, 6) is -0.928. The van der Waals surface area contributed by atoms with Crippen LogP contribution in [0.4, 0.5) is 18.9 Å². The molecule has 0 bridgehead atoms. The molecule has 0 heterocycles. The SMILES string of the molecule is CCN(CC)S(=O)(=O)c1ccc(NC(=O)c2ccccc2C(F)(F)F)cc1. The Morgan fingerprint density at radius 2 is 1.56 bits per heavy atom. The summed E-state index contributed by atoms with van der Waals surface area (Å²) in [5, 5.41) is 2.36. The first-order valence-electron chi connectivity index (χ1n) is 8.19. The summed E-state index contributed by atoms with van der Waals surface area (Å²) in [4.78, 5) is 12.3. The molecule has 0 aliphatic heterocycles. The number of rotatable bonds is 6. The van der Waals surface area contributed by atoms with Crippen molar-refractivity contribution in [1.29, 1.82) is 0 Å². The van der Waals surface area contributed by atoms with Crippen molar-refractivity contribution in [2.45, 2.75) is 24.9 Å². The van der Waals surface area contributed by atoms with Crippen molar-refractivity contribution in [3.05, 3.63) is 59.7 Å². The monoisotopic (exact) mass is 400 g/mol. The van der Waals surface area contributed by atoms with E-state index < -0.39 is 33.2 Å². The summed E-state index contributed by atoms with van der Waals surface area (Å²) < 4.78 is 65.2. The van der Waals surface area contributed by atoms with E-state index in [0.717, 1.165) is 12.1 Å². The molecule has 0 aliphatic rings. The predicted octanol–water partition coefficient (Wildman–Crippen LogP) is 3.99. The van der Waals surface area contributed by atoms with Gasteiger partial charge in [0.2, 0.25) is 10.0 Å². The van der Waals surface area contributed by atoms with Gasteiger partial charge in [-0.1, -0.05) is 26.0 Å². The van der Waals surface area contributed by atoms with E-state index >= 15 is 0 Å². The summed E-state index contributed by atoms with van der Waals surface area (Å²) in [7, 11) is -3.65. The van der Waals surface area contributed by atoms with Crippen molar-refractivity contribution < 1.29 is 26.4 Å². The summed E-state index contributed by atoms with van der Waals surface area (Å²) >= 11 is 0. The highest BCUT2D eigenvalue weighted by Crippen LogP contribution is 2.32. The van der Waals surface area contributed by atoms with Crippen LogP contribution < -0.4 is 5.32 Å². The first-order chi connectivity index (χ1) is 12.6. The summed E-state index contributed by atoms with van der Waals surface area (Å²) in [6.07, 6.45) is -4.66. The number of sulfonamides is 1. The molecule has 0 aromatic heterocycles. The molecule has 2 rings (SSSR count). The molecule has 0 aliphatic carbocycles.